The summed E-state index contributed by atoms with van der Waals surface area (Å²) in [4.78, 5) is 27.6. The largest absolute Gasteiger partial charge is 0.435 e. The van der Waals surface area contributed by atoms with Crippen LogP contribution in [0.25, 0.3) is 0 Å². The van der Waals surface area contributed by atoms with Gasteiger partial charge >= 0.3 is 6.18 Å². The number of nitrogens with zero attached hydrogens (tertiary/aromatic N) is 4. The number of amides is 2. The summed E-state index contributed by atoms with van der Waals surface area (Å²) in [5, 5.41) is 3.67. The molecule has 27 heavy (non-hydrogen) atoms. The fraction of sp³-hybridized carbons (Fsp3) is 0.588. The first-order valence-electron chi connectivity index (χ1n) is 8.66. The molecule has 0 bridgehead atoms. The third-order valence-corrected chi connectivity index (χ3v) is 4.88. The van der Waals surface area contributed by atoms with Crippen LogP contribution < -0.4 is 0 Å². The Labute approximate surface area is 154 Å². The van der Waals surface area contributed by atoms with Gasteiger partial charge in [0, 0.05) is 43.4 Å². The predicted octanol–water partition coefficient (Wildman–Crippen LogP) is 1.22. The van der Waals surface area contributed by atoms with Crippen molar-refractivity contribution in [3.63, 3.8) is 0 Å². The summed E-state index contributed by atoms with van der Waals surface area (Å²) in [6.45, 7) is 6.16. The third-order valence-electron chi connectivity index (χ3n) is 4.88. The van der Waals surface area contributed by atoms with E-state index in [0.29, 0.717) is 31.9 Å². The van der Waals surface area contributed by atoms with Crippen LogP contribution in [0.1, 0.15) is 23.9 Å². The van der Waals surface area contributed by atoms with Crippen molar-refractivity contribution in [1.29, 1.82) is 0 Å². The zero-order valence-corrected chi connectivity index (χ0v) is 15.0. The van der Waals surface area contributed by atoms with Crippen molar-refractivity contribution in [3.8, 4) is 0 Å². The fourth-order valence-electron chi connectivity index (χ4n) is 3.54. The van der Waals surface area contributed by atoms with Crippen LogP contribution in [0.15, 0.2) is 12.7 Å². The molecule has 1 fully saturated rings. The lowest BCUT2D eigenvalue weighted by atomic mass is 10.1. The van der Waals surface area contributed by atoms with Crippen molar-refractivity contribution in [2.45, 2.75) is 38.7 Å². The van der Waals surface area contributed by atoms with Gasteiger partial charge in [-0.05, 0) is 13.0 Å². The van der Waals surface area contributed by atoms with E-state index >= 15 is 0 Å². The van der Waals surface area contributed by atoms with E-state index < -0.39 is 11.9 Å². The summed E-state index contributed by atoms with van der Waals surface area (Å²) in [6.07, 6.45) is -3.09. The van der Waals surface area contributed by atoms with Crippen molar-refractivity contribution in [2.75, 3.05) is 26.2 Å². The standard InChI is InChI=1S/C17H21F3N4O3/c1-3-14(25)22-5-6-23(11(2)8-22)15(26)9-24-13-4-7-27-10-12(13)16(21-24)17(18,19)20/h3,11H,1,4-10H2,2H3/t11-/m0/s1. The highest BCUT2D eigenvalue weighted by molar-refractivity contribution is 5.87. The van der Waals surface area contributed by atoms with Gasteiger partial charge in [-0.1, -0.05) is 6.58 Å². The van der Waals surface area contributed by atoms with Gasteiger partial charge in [0.05, 0.1) is 13.2 Å². The summed E-state index contributed by atoms with van der Waals surface area (Å²) in [6, 6.07) is -0.244. The van der Waals surface area contributed by atoms with Gasteiger partial charge in [0.25, 0.3) is 0 Å². The quantitative estimate of drug-likeness (QED) is 0.733. The highest BCUT2D eigenvalue weighted by atomic mass is 19.4. The minimum absolute atomic E-state index is 0.0102. The average molecular weight is 386 g/mol. The van der Waals surface area contributed by atoms with Crippen LogP contribution in [-0.4, -0.2) is 63.7 Å². The molecule has 0 aromatic carbocycles. The lowest BCUT2D eigenvalue weighted by Crippen LogP contribution is -2.55. The second kappa shape index (κ2) is 7.34. The van der Waals surface area contributed by atoms with Crippen molar-refractivity contribution in [1.82, 2.24) is 19.6 Å². The number of fused-ring (bicyclic) bond motifs is 1. The van der Waals surface area contributed by atoms with Crippen molar-refractivity contribution in [2.24, 2.45) is 0 Å². The van der Waals surface area contributed by atoms with E-state index in [2.05, 4.69) is 11.7 Å². The first kappa shape index (κ1) is 19.4. The molecule has 1 aromatic heterocycles. The van der Waals surface area contributed by atoms with Crippen LogP contribution in [0.3, 0.4) is 0 Å². The molecule has 0 spiro atoms. The Balaban J connectivity index is 1.76. The number of piperazine rings is 1. The summed E-state index contributed by atoms with van der Waals surface area (Å²) in [5.41, 5.74) is -0.578. The first-order valence-corrected chi connectivity index (χ1v) is 8.66. The Bertz CT molecular complexity index is 759. The second-order valence-electron chi connectivity index (χ2n) is 6.66. The summed E-state index contributed by atoms with van der Waals surface area (Å²) >= 11 is 0. The van der Waals surface area contributed by atoms with E-state index in [-0.39, 0.29) is 43.0 Å². The minimum atomic E-state index is -4.59. The molecule has 1 aromatic rings. The minimum Gasteiger partial charge on any atom is -0.376 e. The van der Waals surface area contributed by atoms with Crippen LogP contribution in [0, 0.1) is 0 Å². The van der Waals surface area contributed by atoms with Gasteiger partial charge in [-0.3, -0.25) is 14.3 Å². The number of ether oxygens (including phenoxy) is 1. The van der Waals surface area contributed by atoms with Crippen LogP contribution >= 0.6 is 0 Å². The molecule has 3 rings (SSSR count). The topological polar surface area (TPSA) is 67.7 Å². The summed E-state index contributed by atoms with van der Waals surface area (Å²) < 4.78 is 46.0. The first-order chi connectivity index (χ1) is 12.7. The van der Waals surface area contributed by atoms with E-state index in [9.17, 15) is 22.8 Å². The summed E-state index contributed by atoms with van der Waals surface area (Å²) in [5.74, 6) is -0.524. The molecule has 2 aliphatic rings. The Kier molecular flexibility index (Phi) is 5.27. The highest BCUT2D eigenvalue weighted by Gasteiger charge is 2.40. The van der Waals surface area contributed by atoms with Crippen molar-refractivity contribution >= 4 is 11.8 Å². The number of rotatable bonds is 3. The number of alkyl halides is 3. The van der Waals surface area contributed by atoms with E-state index in [4.69, 9.17) is 4.74 Å². The highest BCUT2D eigenvalue weighted by Crippen LogP contribution is 2.34. The average Bonchev–Trinajstić information content (AvgIpc) is 3.00. The Hall–Kier alpha value is -2.36. The van der Waals surface area contributed by atoms with Crippen LogP contribution in [0.4, 0.5) is 13.2 Å². The van der Waals surface area contributed by atoms with Gasteiger partial charge in [-0.2, -0.15) is 18.3 Å². The number of halogens is 3. The Morgan fingerprint density at radius 3 is 2.74 bits per heavy atom. The molecule has 3 heterocycles. The second-order valence-corrected chi connectivity index (χ2v) is 6.66. The van der Waals surface area contributed by atoms with Gasteiger partial charge in [-0.15, -0.1) is 0 Å². The molecule has 0 N–H and O–H groups in total. The van der Waals surface area contributed by atoms with Gasteiger partial charge in [-0.25, -0.2) is 0 Å². The van der Waals surface area contributed by atoms with Crippen LogP contribution in [-0.2, 0) is 40.1 Å². The maximum absolute atomic E-state index is 13.2. The molecule has 10 heteroatoms. The molecule has 0 aliphatic carbocycles. The molecule has 2 amide bonds. The Morgan fingerprint density at radius 1 is 1.37 bits per heavy atom. The zero-order valence-electron chi connectivity index (χ0n) is 15.0. The van der Waals surface area contributed by atoms with Gasteiger partial charge in [0.15, 0.2) is 5.69 Å². The molecule has 0 radical (unpaired) electrons. The van der Waals surface area contributed by atoms with Gasteiger partial charge < -0.3 is 14.5 Å². The van der Waals surface area contributed by atoms with E-state index in [1.54, 1.807) is 16.7 Å². The molecular weight excluding hydrogens is 365 g/mol. The molecule has 1 saturated heterocycles. The molecule has 148 valence electrons. The van der Waals surface area contributed by atoms with E-state index in [0.717, 1.165) is 4.68 Å². The molecular formula is C17H21F3N4O3. The number of aromatic nitrogens is 2. The zero-order chi connectivity index (χ0) is 19.8. The fourth-order valence-corrected chi connectivity index (χ4v) is 3.54. The molecule has 7 nitrogen and oxygen atoms in total. The smallest absolute Gasteiger partial charge is 0.376 e. The lowest BCUT2D eigenvalue weighted by Gasteiger charge is -2.39. The van der Waals surface area contributed by atoms with E-state index in [1.807, 2.05) is 0 Å². The maximum atomic E-state index is 13.2. The van der Waals surface area contributed by atoms with Crippen LogP contribution in [0.2, 0.25) is 0 Å². The molecule has 0 saturated carbocycles. The third kappa shape index (κ3) is 3.85. The molecule has 0 unspecified atom stereocenters. The molecule has 1 atom stereocenters. The molecule has 2 aliphatic heterocycles. The monoisotopic (exact) mass is 386 g/mol. The lowest BCUT2D eigenvalue weighted by molar-refractivity contribution is -0.144. The van der Waals surface area contributed by atoms with Crippen molar-refractivity contribution in [3.05, 3.63) is 29.6 Å². The maximum Gasteiger partial charge on any atom is 0.435 e. The Morgan fingerprint density at radius 2 is 2.11 bits per heavy atom. The van der Waals surface area contributed by atoms with E-state index in [1.165, 1.54) is 6.08 Å². The van der Waals surface area contributed by atoms with Crippen molar-refractivity contribution < 1.29 is 27.5 Å². The number of hydrogen-bond donors (Lipinski definition) is 0. The SMILES string of the molecule is C=CC(=O)N1CCN(C(=O)Cn2nc(C(F)(F)F)c3c2CCOC3)[C@@H](C)C1. The number of carbonyl (C=O) groups excluding carboxylic acids is 2. The number of carbonyl (C=O) groups is 2. The van der Waals surface area contributed by atoms with Crippen LogP contribution in [0.5, 0.6) is 0 Å². The number of hydrogen-bond acceptors (Lipinski definition) is 4. The van der Waals surface area contributed by atoms with Gasteiger partial charge in [0.2, 0.25) is 11.8 Å². The summed E-state index contributed by atoms with van der Waals surface area (Å²) in [7, 11) is 0. The van der Waals surface area contributed by atoms with Gasteiger partial charge in [0.1, 0.15) is 6.54 Å². The normalized spacial score (nSPS) is 20.4. The predicted molar refractivity (Wildman–Crippen MR) is 88.5 cm³/mol.